The van der Waals surface area contributed by atoms with Crippen LogP contribution < -0.4 is 5.56 Å². The molecular formula is C25H36N6O2. The molecule has 8 nitrogen and oxygen atoms in total. The van der Waals surface area contributed by atoms with E-state index in [9.17, 15) is 9.90 Å². The summed E-state index contributed by atoms with van der Waals surface area (Å²) in [5.74, 6) is 1.03. The van der Waals surface area contributed by atoms with Crippen LogP contribution in [0.3, 0.4) is 0 Å². The minimum absolute atomic E-state index is 0.00206. The number of aliphatic hydroxyl groups is 1. The number of aliphatic hydroxyl groups excluding tert-OH is 1. The summed E-state index contributed by atoms with van der Waals surface area (Å²) in [5.41, 5.74) is 3.71. The van der Waals surface area contributed by atoms with E-state index in [2.05, 4.69) is 52.2 Å². The SMILES string of the molecule is Cc1cc(C)c2cc(CN(CCO)C(c3nnnn3C3CCCCC3)C(C)C)c(=O)[nH]c2c1. The van der Waals surface area contributed by atoms with Gasteiger partial charge in [0.1, 0.15) is 0 Å². The summed E-state index contributed by atoms with van der Waals surface area (Å²) >= 11 is 0. The third-order valence-corrected chi connectivity index (χ3v) is 6.88. The Hall–Kier alpha value is -2.58. The third kappa shape index (κ3) is 5.01. The van der Waals surface area contributed by atoms with Crippen LogP contribution in [-0.2, 0) is 6.54 Å². The minimum Gasteiger partial charge on any atom is -0.395 e. The molecule has 8 heteroatoms. The maximum atomic E-state index is 13.0. The molecule has 1 aliphatic carbocycles. The monoisotopic (exact) mass is 452 g/mol. The van der Waals surface area contributed by atoms with Gasteiger partial charge in [-0.05, 0) is 66.3 Å². The Morgan fingerprint density at radius 1 is 1.18 bits per heavy atom. The largest absolute Gasteiger partial charge is 0.395 e. The van der Waals surface area contributed by atoms with E-state index >= 15 is 0 Å². The molecule has 1 fully saturated rings. The lowest BCUT2D eigenvalue weighted by Crippen LogP contribution is -2.38. The van der Waals surface area contributed by atoms with Gasteiger partial charge in [-0.1, -0.05) is 39.2 Å². The van der Waals surface area contributed by atoms with Crippen molar-refractivity contribution in [3.8, 4) is 0 Å². The second kappa shape index (κ2) is 10.1. The van der Waals surface area contributed by atoms with Gasteiger partial charge in [0.15, 0.2) is 5.82 Å². The molecule has 2 N–H and O–H groups in total. The van der Waals surface area contributed by atoms with Crippen LogP contribution in [0.2, 0.25) is 0 Å². The molecule has 2 heterocycles. The zero-order valence-corrected chi connectivity index (χ0v) is 20.2. The van der Waals surface area contributed by atoms with E-state index in [0.717, 1.165) is 40.7 Å². The lowest BCUT2D eigenvalue weighted by molar-refractivity contribution is 0.103. The Balaban J connectivity index is 1.71. The first-order valence-electron chi connectivity index (χ1n) is 12.1. The van der Waals surface area contributed by atoms with E-state index < -0.39 is 0 Å². The lowest BCUT2D eigenvalue weighted by atomic mass is 9.94. The van der Waals surface area contributed by atoms with E-state index in [1.165, 1.54) is 19.3 Å². The summed E-state index contributed by atoms with van der Waals surface area (Å²) in [7, 11) is 0. The number of nitrogens with zero attached hydrogens (tertiary/aromatic N) is 5. The Morgan fingerprint density at radius 3 is 2.64 bits per heavy atom. The third-order valence-electron chi connectivity index (χ3n) is 6.88. The van der Waals surface area contributed by atoms with Crippen LogP contribution in [0.15, 0.2) is 23.0 Å². The lowest BCUT2D eigenvalue weighted by Gasteiger charge is -2.34. The minimum atomic E-state index is -0.108. The summed E-state index contributed by atoms with van der Waals surface area (Å²) in [4.78, 5) is 18.2. The smallest absolute Gasteiger partial charge is 0.252 e. The first-order valence-corrected chi connectivity index (χ1v) is 12.1. The molecule has 1 unspecified atom stereocenters. The highest BCUT2D eigenvalue weighted by atomic mass is 16.3. The average molecular weight is 453 g/mol. The predicted molar refractivity (Wildman–Crippen MR) is 129 cm³/mol. The second-order valence-electron chi connectivity index (χ2n) is 9.82. The summed E-state index contributed by atoms with van der Waals surface area (Å²) < 4.78 is 2.01. The van der Waals surface area contributed by atoms with Gasteiger partial charge in [-0.25, -0.2) is 4.68 Å². The molecule has 3 aromatic rings. The van der Waals surface area contributed by atoms with Gasteiger partial charge in [-0.15, -0.1) is 5.10 Å². The van der Waals surface area contributed by atoms with Gasteiger partial charge >= 0.3 is 0 Å². The molecule has 33 heavy (non-hydrogen) atoms. The summed E-state index contributed by atoms with van der Waals surface area (Å²) in [6.07, 6.45) is 5.84. The van der Waals surface area contributed by atoms with E-state index in [0.29, 0.717) is 24.7 Å². The number of pyridine rings is 1. The molecule has 0 spiro atoms. The molecular weight excluding hydrogens is 416 g/mol. The van der Waals surface area contributed by atoms with E-state index in [4.69, 9.17) is 0 Å². The molecule has 0 aliphatic heterocycles. The quantitative estimate of drug-likeness (QED) is 0.539. The molecule has 2 aromatic heterocycles. The van der Waals surface area contributed by atoms with Crippen LogP contribution >= 0.6 is 0 Å². The molecule has 178 valence electrons. The van der Waals surface area contributed by atoms with Crippen molar-refractivity contribution in [2.45, 2.75) is 78.4 Å². The number of aryl methyl sites for hydroxylation is 2. The highest BCUT2D eigenvalue weighted by molar-refractivity contribution is 5.83. The number of H-pyrrole nitrogens is 1. The second-order valence-corrected chi connectivity index (χ2v) is 9.82. The van der Waals surface area contributed by atoms with Crippen molar-refractivity contribution < 1.29 is 5.11 Å². The standard InChI is InChI=1S/C25H36N6O2/c1-16(2)23(24-27-28-29-31(24)20-8-6-5-7-9-20)30(10-11-32)15-19-14-21-18(4)12-17(3)13-22(21)26-25(19)33/h12-14,16,20,23,32H,5-11,15H2,1-4H3,(H,26,33). The number of benzene rings is 1. The molecule has 0 radical (unpaired) electrons. The fourth-order valence-electron chi connectivity index (χ4n) is 5.36. The van der Waals surface area contributed by atoms with Crippen LogP contribution in [0.5, 0.6) is 0 Å². The maximum Gasteiger partial charge on any atom is 0.252 e. The van der Waals surface area contributed by atoms with Crippen molar-refractivity contribution in [2.75, 3.05) is 13.2 Å². The number of rotatable bonds is 8. The molecule has 4 rings (SSSR count). The molecule has 1 atom stereocenters. The molecule has 1 aromatic carbocycles. The van der Waals surface area contributed by atoms with Crippen molar-refractivity contribution in [1.82, 2.24) is 30.1 Å². The first kappa shape index (κ1) is 23.6. The molecule has 1 saturated carbocycles. The Labute approximate surface area is 195 Å². The fourth-order valence-corrected chi connectivity index (χ4v) is 5.36. The van der Waals surface area contributed by atoms with Crippen molar-refractivity contribution in [2.24, 2.45) is 5.92 Å². The predicted octanol–water partition coefficient (Wildman–Crippen LogP) is 3.83. The molecule has 0 amide bonds. The average Bonchev–Trinajstić information content (AvgIpc) is 3.24. The fraction of sp³-hybridized carbons (Fsp3) is 0.600. The topological polar surface area (TPSA) is 99.9 Å². The normalized spacial score (nSPS) is 16.2. The van der Waals surface area contributed by atoms with Gasteiger partial charge in [0, 0.05) is 29.6 Å². The van der Waals surface area contributed by atoms with Crippen molar-refractivity contribution >= 4 is 10.9 Å². The number of fused-ring (bicyclic) bond motifs is 1. The highest BCUT2D eigenvalue weighted by Crippen LogP contribution is 2.33. The zero-order valence-electron chi connectivity index (χ0n) is 20.2. The number of aromatic nitrogens is 5. The van der Waals surface area contributed by atoms with Gasteiger partial charge < -0.3 is 10.1 Å². The van der Waals surface area contributed by atoms with Gasteiger partial charge in [0.25, 0.3) is 5.56 Å². The Morgan fingerprint density at radius 2 is 1.94 bits per heavy atom. The number of tetrazole rings is 1. The van der Waals surface area contributed by atoms with Crippen LogP contribution in [0.4, 0.5) is 0 Å². The number of aromatic amines is 1. The number of hydrogen-bond donors (Lipinski definition) is 2. The maximum absolute atomic E-state index is 13.0. The van der Waals surface area contributed by atoms with Gasteiger partial charge in [0.2, 0.25) is 0 Å². The van der Waals surface area contributed by atoms with Crippen LogP contribution in [-0.4, -0.2) is 48.3 Å². The van der Waals surface area contributed by atoms with Crippen LogP contribution in [0.25, 0.3) is 10.9 Å². The van der Waals surface area contributed by atoms with Crippen molar-refractivity contribution in [3.05, 3.63) is 51.1 Å². The van der Waals surface area contributed by atoms with Crippen LogP contribution in [0.1, 0.15) is 80.6 Å². The summed E-state index contributed by atoms with van der Waals surface area (Å²) in [6, 6.07) is 6.34. The number of hydrogen-bond acceptors (Lipinski definition) is 6. The first-order chi connectivity index (χ1) is 15.9. The Bertz CT molecular complexity index is 1150. The summed E-state index contributed by atoms with van der Waals surface area (Å²) in [6.45, 7) is 9.24. The van der Waals surface area contributed by atoms with E-state index in [1.807, 2.05) is 23.7 Å². The highest BCUT2D eigenvalue weighted by Gasteiger charge is 2.32. The zero-order chi connectivity index (χ0) is 23.5. The van der Waals surface area contributed by atoms with Crippen LogP contribution in [0, 0.1) is 19.8 Å². The molecule has 0 saturated heterocycles. The number of nitrogens with one attached hydrogen (secondary N) is 1. The van der Waals surface area contributed by atoms with Gasteiger partial charge in [-0.2, -0.15) is 0 Å². The molecule has 1 aliphatic rings. The Kier molecular flexibility index (Phi) is 7.24. The van der Waals surface area contributed by atoms with E-state index in [1.54, 1.807) is 0 Å². The summed E-state index contributed by atoms with van der Waals surface area (Å²) in [5, 5.41) is 23.8. The van der Waals surface area contributed by atoms with Crippen molar-refractivity contribution in [1.29, 1.82) is 0 Å². The van der Waals surface area contributed by atoms with Crippen molar-refractivity contribution in [3.63, 3.8) is 0 Å². The van der Waals surface area contributed by atoms with Gasteiger partial charge in [0.05, 0.1) is 18.7 Å². The molecule has 0 bridgehead atoms. The van der Waals surface area contributed by atoms with E-state index in [-0.39, 0.29) is 24.1 Å². The van der Waals surface area contributed by atoms with Gasteiger partial charge in [-0.3, -0.25) is 9.69 Å².